The highest BCUT2D eigenvalue weighted by Gasteiger charge is 2.54. The van der Waals surface area contributed by atoms with Gasteiger partial charge in [0.15, 0.2) is 24.4 Å². The van der Waals surface area contributed by atoms with E-state index in [9.17, 15) is 90.4 Å². The predicted octanol–water partition coefficient (Wildman–Crippen LogP) is -11.5. The van der Waals surface area contributed by atoms with Crippen LogP contribution in [0.3, 0.4) is 0 Å². The molecule has 8 rings (SSSR count). The Morgan fingerprint density at radius 1 is 0.622 bits per heavy atom. The van der Waals surface area contributed by atoms with Crippen LogP contribution in [-0.4, -0.2) is 317 Å². The number of aliphatic imine (C=N–C) groups is 2. The van der Waals surface area contributed by atoms with Crippen LogP contribution in [0.1, 0.15) is 56.6 Å². The fraction of sp³-hybridized carbons (Fsp3) is 0.650. The van der Waals surface area contributed by atoms with Crippen molar-refractivity contribution in [3.63, 3.8) is 0 Å². The van der Waals surface area contributed by atoms with Crippen LogP contribution in [0.2, 0.25) is 0 Å². The summed E-state index contributed by atoms with van der Waals surface area (Å²) in [4.78, 5) is 109. The fourth-order valence-corrected chi connectivity index (χ4v) is 12.0. The van der Waals surface area contributed by atoms with E-state index in [1.807, 2.05) is 6.92 Å². The molecule has 0 bridgehead atoms. The number of unbranched alkanes of at least 4 members (excludes halogenated alkanes) is 2. The molecule has 2 aromatic rings. The summed E-state index contributed by atoms with van der Waals surface area (Å²) < 4.78 is 34.5. The molecule has 0 aliphatic carbocycles. The smallest absolute Gasteiger partial charge is 0.305 e. The topological polar surface area (TPSA) is 602 Å². The summed E-state index contributed by atoms with van der Waals surface area (Å²) >= 11 is 0. The van der Waals surface area contributed by atoms with Crippen LogP contribution in [0, 0.1) is 0 Å². The van der Waals surface area contributed by atoms with Gasteiger partial charge in [0.2, 0.25) is 41.7 Å². The minimum atomic E-state index is -2.36. The second-order valence-corrected chi connectivity index (χ2v) is 24.5. The van der Waals surface area contributed by atoms with Gasteiger partial charge in [-0.1, -0.05) is 69.2 Å². The largest absolute Gasteiger partial charge is 0.463 e. The molecule has 98 heavy (non-hydrogen) atoms. The average molecular weight is 1390 g/mol. The summed E-state index contributed by atoms with van der Waals surface area (Å²) in [5.41, 5.74) is 12.8. The number of rotatable bonds is 22. The van der Waals surface area contributed by atoms with E-state index in [-0.39, 0.29) is 30.2 Å². The van der Waals surface area contributed by atoms with Crippen LogP contribution < -0.4 is 53.4 Å². The molecule has 5 unspecified atom stereocenters. The zero-order valence-corrected chi connectivity index (χ0v) is 53.2. The maximum absolute atomic E-state index is 15.2. The van der Waals surface area contributed by atoms with E-state index in [1.54, 1.807) is 37.3 Å². The van der Waals surface area contributed by atoms with Gasteiger partial charge >= 0.3 is 5.97 Å². The van der Waals surface area contributed by atoms with Crippen molar-refractivity contribution in [1.29, 1.82) is 0 Å². The Morgan fingerprint density at radius 2 is 1.22 bits per heavy atom. The lowest BCUT2D eigenvalue weighted by molar-refractivity contribution is -0.352. The molecule has 38 nitrogen and oxygen atoms in total. The molecule has 0 spiro atoms. The lowest BCUT2D eigenvalue weighted by atomic mass is 9.92. The maximum atomic E-state index is 15.2. The van der Waals surface area contributed by atoms with E-state index in [4.69, 9.17) is 39.9 Å². The Labute approximate surface area is 559 Å². The number of hydrogen-bond acceptors (Lipinski definition) is 32. The average Bonchev–Trinajstić information content (AvgIpc) is 1.39. The van der Waals surface area contributed by atoms with Gasteiger partial charge in [-0.2, -0.15) is 0 Å². The number of aliphatic hydroxyl groups is 13. The van der Waals surface area contributed by atoms with E-state index < -0.39 is 246 Å². The normalized spacial score (nSPS) is 35.6. The standard InChI is InChI=1S/C60H88N12O26/c1-3-4-6-11-36(77)93-23-34-50(98-58-48(86)45(83)43(81)33(22-75)96-58)46(84)49(87)57(97-34)94-27-14-12-25(13-15-27)16-28-52(89)70-38(40(78)29-17-64-59(61)68-29)55(92)71-39(41(79)31-18-65-60(62)72(31)56-47(85)44(82)42(80)32(21-74)95-56)54(91)67-30(20-73)51(88)63-19-35(76)69-37(53(90)66-28)24(2)26-9-7-5-8-10-26/h5,7-10,12-15,24,28-34,37-50,56-58,73-75,78-87H,3-4,6,11,16-23H2,1-2H3,(H2,62,65)(H,63,88)(H,66,90)(H,67,91)(H,69,76)(H,70,89)(H,71,92)(H3,61,64,68)/t24?,28-,29?,30+,31?,32-,33-,34-,37+,38+,39-,40?,41?,42-,43-,44+,45+,46-,47+,48+,49+,50-,56+,57+,58-/m1/s1. The lowest BCUT2D eigenvalue weighted by Gasteiger charge is -2.46. The number of guanidine groups is 2. The molecule has 25 atom stereocenters. The Balaban J connectivity index is 1.11. The van der Waals surface area contributed by atoms with Gasteiger partial charge in [0, 0.05) is 18.8 Å². The number of nitrogens with one attached hydrogen (secondary N) is 7. The SMILES string of the molecule is CCCCCC(=O)OC[C@H]1O[C@H](Oc2ccc(C[C@H]3NC(=O)[C@H](C(C)c4ccccc4)NC(=O)CNC(=O)[C@H](CO)NC(=O)[C@@H](C(O)C4CN=C(N)N4[C@H]4O[C@H](CO)[C@@H](O)[C@H](O)[C@@H]4O)NC(=O)[C@H](C(O)C4CN=C(N)N4)NC3=O)cc2)[C@@H](O)[C@@H](O)[C@@H]1O[C@H]1O[C@H](CO)[C@@H](O)[C@H](O)[C@@H]1O. The van der Waals surface area contributed by atoms with Gasteiger partial charge in [-0.05, 0) is 29.7 Å². The Bertz CT molecular complexity index is 3110. The molecule has 2 aromatic carbocycles. The summed E-state index contributed by atoms with van der Waals surface area (Å²) in [5.74, 6) is -9.73. The van der Waals surface area contributed by atoms with Gasteiger partial charge in [0.1, 0.15) is 128 Å². The molecule has 24 N–H and O–H groups in total. The minimum Gasteiger partial charge on any atom is -0.463 e. The van der Waals surface area contributed by atoms with Gasteiger partial charge in [0.05, 0.1) is 51.5 Å². The number of nitrogens with two attached hydrogens (primary N) is 2. The third kappa shape index (κ3) is 18.0. The van der Waals surface area contributed by atoms with Crippen LogP contribution in [0.4, 0.5) is 0 Å². The minimum absolute atomic E-state index is 0.000655. The quantitative estimate of drug-likeness (QED) is 0.0384. The summed E-state index contributed by atoms with van der Waals surface area (Å²) in [5, 5.41) is 159. The Kier molecular flexibility index (Phi) is 26.8. The van der Waals surface area contributed by atoms with Crippen molar-refractivity contribution in [2.24, 2.45) is 21.5 Å². The summed E-state index contributed by atoms with van der Waals surface area (Å²) in [6, 6.07) is 0.755. The van der Waals surface area contributed by atoms with Gasteiger partial charge in [0.25, 0.3) is 0 Å². The van der Waals surface area contributed by atoms with Crippen LogP contribution in [-0.2, 0) is 63.7 Å². The fourth-order valence-electron chi connectivity index (χ4n) is 12.0. The molecule has 6 amide bonds. The number of esters is 1. The zero-order chi connectivity index (χ0) is 71.4. The number of carbonyl (C=O) groups is 7. The maximum Gasteiger partial charge on any atom is 0.305 e. The summed E-state index contributed by atoms with van der Waals surface area (Å²) in [7, 11) is 0. The van der Waals surface area contributed by atoms with E-state index in [0.717, 1.165) is 11.3 Å². The van der Waals surface area contributed by atoms with E-state index in [0.29, 0.717) is 18.4 Å². The number of ether oxygens (including phenoxy) is 6. The first-order valence-electron chi connectivity index (χ1n) is 31.8. The second kappa shape index (κ2) is 34.4. The molecule has 6 aliphatic rings. The molecule has 0 aromatic heterocycles. The van der Waals surface area contributed by atoms with Crippen molar-refractivity contribution < 1.29 is 128 Å². The first kappa shape index (κ1) is 76.1. The molecule has 0 saturated carbocycles. The molecule has 6 aliphatic heterocycles. The van der Waals surface area contributed by atoms with Crippen molar-refractivity contribution >= 4 is 53.3 Å². The first-order valence-corrected chi connectivity index (χ1v) is 31.8. The highest BCUT2D eigenvalue weighted by atomic mass is 16.7. The van der Waals surface area contributed by atoms with Crippen LogP contribution in [0.5, 0.6) is 5.75 Å². The second-order valence-electron chi connectivity index (χ2n) is 24.5. The third-order valence-electron chi connectivity index (χ3n) is 17.7. The zero-order valence-electron chi connectivity index (χ0n) is 53.2. The number of aliphatic hydroxyl groups excluding tert-OH is 13. The molecule has 0 radical (unpaired) electrons. The summed E-state index contributed by atoms with van der Waals surface area (Å²) in [6.45, 7) is -1.84. The Hall–Kier alpha value is -7.61. The monoisotopic (exact) mass is 1390 g/mol. The predicted molar refractivity (Wildman–Crippen MR) is 331 cm³/mol. The number of nitrogens with zero attached hydrogens (tertiary/aromatic N) is 3. The molecular formula is C60H88N12O26. The van der Waals surface area contributed by atoms with Crippen molar-refractivity contribution in [3.05, 3.63) is 65.7 Å². The number of amides is 6. The molecule has 6 heterocycles. The van der Waals surface area contributed by atoms with Gasteiger partial charge in [-0.25, -0.2) is 0 Å². The first-order chi connectivity index (χ1) is 46.7. The van der Waals surface area contributed by atoms with E-state index in [2.05, 4.69) is 47.2 Å². The highest BCUT2D eigenvalue weighted by molar-refractivity contribution is 5.98. The number of hydrogen-bond donors (Lipinski definition) is 22. The van der Waals surface area contributed by atoms with Crippen molar-refractivity contribution in [2.75, 3.05) is 46.1 Å². The Morgan fingerprint density at radius 3 is 1.87 bits per heavy atom. The lowest BCUT2D eigenvalue weighted by Crippen LogP contribution is -2.70. The van der Waals surface area contributed by atoms with Crippen molar-refractivity contribution in [2.45, 2.75) is 198 Å². The molecule has 38 heteroatoms. The highest BCUT2D eigenvalue weighted by Crippen LogP contribution is 2.33. The van der Waals surface area contributed by atoms with E-state index >= 15 is 9.59 Å². The van der Waals surface area contributed by atoms with Crippen LogP contribution in [0.15, 0.2) is 64.6 Å². The summed E-state index contributed by atoms with van der Waals surface area (Å²) in [6.07, 6.45) is -30.1. The van der Waals surface area contributed by atoms with Crippen molar-refractivity contribution in [3.8, 4) is 5.75 Å². The molecule has 4 saturated heterocycles. The number of carbonyl (C=O) groups excluding carboxylic acids is 7. The van der Waals surface area contributed by atoms with Crippen LogP contribution >= 0.6 is 0 Å². The van der Waals surface area contributed by atoms with Gasteiger partial charge < -0.3 is 148 Å². The molecular weight excluding hydrogens is 1300 g/mol. The van der Waals surface area contributed by atoms with Crippen LogP contribution in [0.25, 0.3) is 0 Å². The molecule has 4 fully saturated rings. The third-order valence-corrected chi connectivity index (χ3v) is 17.7. The molecule has 544 valence electrons. The van der Waals surface area contributed by atoms with Crippen molar-refractivity contribution in [1.82, 2.24) is 42.1 Å². The van der Waals surface area contributed by atoms with Gasteiger partial charge in [-0.15, -0.1) is 0 Å². The van der Waals surface area contributed by atoms with Gasteiger partial charge in [-0.3, -0.25) is 43.5 Å². The number of benzene rings is 2. The van der Waals surface area contributed by atoms with E-state index in [1.165, 1.54) is 24.3 Å².